The zero-order valence-corrected chi connectivity index (χ0v) is 12.7. The largest absolute Gasteiger partial charge is 0.372 e. The standard InChI is InChI=1S/C16H17N3S/c1-10(2)11-4-6-12(7-5-11)13-8-20-16-14(13)15(17-3)18-9-19-16/h4-10H,1-3H3,(H,17,18,19). The summed E-state index contributed by atoms with van der Waals surface area (Å²) in [7, 11) is 1.89. The molecule has 0 amide bonds. The molecule has 0 bridgehead atoms. The van der Waals surface area contributed by atoms with Crippen molar-refractivity contribution in [3.05, 3.63) is 41.5 Å². The van der Waals surface area contributed by atoms with Gasteiger partial charge in [-0.05, 0) is 17.0 Å². The maximum Gasteiger partial charge on any atom is 0.138 e. The molecular formula is C16H17N3S. The van der Waals surface area contributed by atoms with Crippen molar-refractivity contribution in [3.63, 3.8) is 0 Å². The van der Waals surface area contributed by atoms with Crippen LogP contribution >= 0.6 is 11.3 Å². The van der Waals surface area contributed by atoms with Crippen molar-refractivity contribution in [1.82, 2.24) is 9.97 Å². The number of fused-ring (bicyclic) bond motifs is 1. The molecule has 0 aliphatic carbocycles. The van der Waals surface area contributed by atoms with E-state index in [9.17, 15) is 0 Å². The van der Waals surface area contributed by atoms with E-state index in [-0.39, 0.29) is 0 Å². The zero-order chi connectivity index (χ0) is 14.1. The first-order chi connectivity index (χ1) is 9.70. The second-order valence-electron chi connectivity index (χ2n) is 5.08. The summed E-state index contributed by atoms with van der Waals surface area (Å²) in [6.45, 7) is 4.42. The van der Waals surface area contributed by atoms with Crippen LogP contribution in [0, 0.1) is 0 Å². The van der Waals surface area contributed by atoms with E-state index in [0.717, 1.165) is 16.0 Å². The number of anilines is 1. The molecule has 0 aliphatic rings. The van der Waals surface area contributed by atoms with E-state index < -0.39 is 0 Å². The molecule has 0 radical (unpaired) electrons. The van der Waals surface area contributed by atoms with Gasteiger partial charge in [-0.3, -0.25) is 0 Å². The van der Waals surface area contributed by atoms with Crippen molar-refractivity contribution in [2.24, 2.45) is 0 Å². The lowest BCUT2D eigenvalue weighted by Crippen LogP contribution is -1.94. The number of thiophene rings is 1. The molecule has 4 heteroatoms. The van der Waals surface area contributed by atoms with Gasteiger partial charge in [-0.1, -0.05) is 38.1 Å². The quantitative estimate of drug-likeness (QED) is 0.767. The third-order valence-corrected chi connectivity index (χ3v) is 4.38. The van der Waals surface area contributed by atoms with E-state index >= 15 is 0 Å². The van der Waals surface area contributed by atoms with Gasteiger partial charge in [0.1, 0.15) is 17.0 Å². The van der Waals surface area contributed by atoms with E-state index in [1.54, 1.807) is 17.7 Å². The fourth-order valence-electron chi connectivity index (χ4n) is 2.32. The maximum atomic E-state index is 4.35. The second-order valence-corrected chi connectivity index (χ2v) is 5.94. The van der Waals surface area contributed by atoms with Crippen LogP contribution in [0.1, 0.15) is 25.3 Å². The average Bonchev–Trinajstić information content (AvgIpc) is 2.91. The Labute approximate surface area is 122 Å². The highest BCUT2D eigenvalue weighted by molar-refractivity contribution is 7.17. The zero-order valence-electron chi connectivity index (χ0n) is 11.8. The lowest BCUT2D eigenvalue weighted by Gasteiger charge is -2.07. The Balaban J connectivity index is 2.14. The molecule has 2 heterocycles. The summed E-state index contributed by atoms with van der Waals surface area (Å²) in [5.74, 6) is 1.44. The molecule has 0 unspecified atom stereocenters. The van der Waals surface area contributed by atoms with E-state index in [4.69, 9.17) is 0 Å². The van der Waals surface area contributed by atoms with E-state index in [1.807, 2.05) is 7.05 Å². The van der Waals surface area contributed by atoms with Crippen LogP contribution in [0.5, 0.6) is 0 Å². The second kappa shape index (κ2) is 5.21. The van der Waals surface area contributed by atoms with Gasteiger partial charge in [0.2, 0.25) is 0 Å². The van der Waals surface area contributed by atoms with E-state index in [2.05, 4.69) is 58.8 Å². The molecule has 0 atom stereocenters. The van der Waals surface area contributed by atoms with Gasteiger partial charge in [-0.2, -0.15) is 0 Å². The molecule has 3 rings (SSSR count). The number of benzene rings is 1. The Hall–Kier alpha value is -1.94. The predicted molar refractivity (Wildman–Crippen MR) is 86.5 cm³/mol. The monoisotopic (exact) mass is 283 g/mol. The fourth-order valence-corrected chi connectivity index (χ4v) is 3.24. The van der Waals surface area contributed by atoms with E-state index in [0.29, 0.717) is 5.92 Å². The topological polar surface area (TPSA) is 37.8 Å². The third kappa shape index (κ3) is 2.16. The molecule has 2 aromatic heterocycles. The molecule has 1 N–H and O–H groups in total. The maximum absolute atomic E-state index is 4.35. The summed E-state index contributed by atoms with van der Waals surface area (Å²) in [5, 5.41) is 6.42. The highest BCUT2D eigenvalue weighted by atomic mass is 32.1. The van der Waals surface area contributed by atoms with Gasteiger partial charge in [0.25, 0.3) is 0 Å². The summed E-state index contributed by atoms with van der Waals surface area (Å²) in [6, 6.07) is 8.77. The van der Waals surface area contributed by atoms with Crippen molar-refractivity contribution in [1.29, 1.82) is 0 Å². The Morgan fingerprint density at radius 3 is 2.50 bits per heavy atom. The number of nitrogens with zero attached hydrogens (tertiary/aromatic N) is 2. The van der Waals surface area contributed by atoms with Crippen molar-refractivity contribution < 1.29 is 0 Å². The number of aromatic nitrogens is 2. The van der Waals surface area contributed by atoms with Crippen LogP contribution in [-0.2, 0) is 0 Å². The summed E-state index contributed by atoms with van der Waals surface area (Å²) < 4.78 is 0. The van der Waals surface area contributed by atoms with Crippen LogP contribution in [-0.4, -0.2) is 17.0 Å². The first kappa shape index (κ1) is 13.1. The van der Waals surface area contributed by atoms with Gasteiger partial charge < -0.3 is 5.32 Å². The minimum Gasteiger partial charge on any atom is -0.372 e. The number of nitrogens with one attached hydrogen (secondary N) is 1. The first-order valence-corrected chi connectivity index (χ1v) is 7.59. The Morgan fingerprint density at radius 2 is 1.85 bits per heavy atom. The molecule has 0 spiro atoms. The minimum absolute atomic E-state index is 0.555. The van der Waals surface area contributed by atoms with Crippen LogP contribution in [0.15, 0.2) is 36.0 Å². The van der Waals surface area contributed by atoms with Gasteiger partial charge in [-0.25, -0.2) is 9.97 Å². The molecule has 1 aromatic carbocycles. The molecule has 0 saturated carbocycles. The van der Waals surface area contributed by atoms with Gasteiger partial charge in [-0.15, -0.1) is 11.3 Å². The number of rotatable bonds is 3. The van der Waals surface area contributed by atoms with E-state index in [1.165, 1.54) is 16.7 Å². The lowest BCUT2D eigenvalue weighted by molar-refractivity contribution is 0.867. The SMILES string of the molecule is CNc1ncnc2scc(-c3ccc(C(C)C)cc3)c12. The smallest absolute Gasteiger partial charge is 0.138 e. The van der Waals surface area contributed by atoms with Crippen LogP contribution in [0.25, 0.3) is 21.3 Å². The fraction of sp³-hybridized carbons (Fsp3) is 0.250. The van der Waals surface area contributed by atoms with Gasteiger partial charge in [0, 0.05) is 18.0 Å². The summed E-state index contributed by atoms with van der Waals surface area (Å²) >= 11 is 1.66. The molecule has 3 nitrogen and oxygen atoms in total. The number of hydrogen-bond acceptors (Lipinski definition) is 4. The molecular weight excluding hydrogens is 266 g/mol. The Morgan fingerprint density at radius 1 is 1.10 bits per heavy atom. The molecule has 0 fully saturated rings. The summed E-state index contributed by atoms with van der Waals surface area (Å²) in [6.07, 6.45) is 1.61. The average molecular weight is 283 g/mol. The normalized spacial score (nSPS) is 11.2. The van der Waals surface area contributed by atoms with Crippen LogP contribution in [0.4, 0.5) is 5.82 Å². The summed E-state index contributed by atoms with van der Waals surface area (Å²) in [4.78, 5) is 9.68. The molecule has 0 saturated heterocycles. The van der Waals surface area contributed by atoms with Crippen LogP contribution in [0.3, 0.4) is 0 Å². The van der Waals surface area contributed by atoms with Gasteiger partial charge >= 0.3 is 0 Å². The summed E-state index contributed by atoms with van der Waals surface area (Å²) in [5.41, 5.74) is 3.77. The molecule has 3 aromatic rings. The first-order valence-electron chi connectivity index (χ1n) is 6.71. The molecule has 102 valence electrons. The van der Waals surface area contributed by atoms with Crippen LogP contribution in [0.2, 0.25) is 0 Å². The molecule has 0 aliphatic heterocycles. The Kier molecular flexibility index (Phi) is 3.40. The molecule has 20 heavy (non-hydrogen) atoms. The van der Waals surface area contributed by atoms with Crippen molar-refractivity contribution in [2.75, 3.05) is 12.4 Å². The van der Waals surface area contributed by atoms with Crippen molar-refractivity contribution >= 4 is 27.4 Å². The third-order valence-electron chi connectivity index (χ3n) is 3.50. The lowest BCUT2D eigenvalue weighted by atomic mass is 9.99. The van der Waals surface area contributed by atoms with Gasteiger partial charge in [0.05, 0.1) is 5.39 Å². The van der Waals surface area contributed by atoms with Crippen LogP contribution < -0.4 is 5.32 Å². The van der Waals surface area contributed by atoms with Gasteiger partial charge in [0.15, 0.2) is 0 Å². The highest BCUT2D eigenvalue weighted by Crippen LogP contribution is 2.36. The minimum atomic E-state index is 0.555. The van der Waals surface area contributed by atoms with Crippen molar-refractivity contribution in [3.8, 4) is 11.1 Å². The number of hydrogen-bond donors (Lipinski definition) is 1. The highest BCUT2D eigenvalue weighted by Gasteiger charge is 2.12. The Bertz CT molecular complexity index is 729. The predicted octanol–water partition coefficient (Wildman–Crippen LogP) is 4.52. The van der Waals surface area contributed by atoms with Crippen molar-refractivity contribution in [2.45, 2.75) is 19.8 Å².